The molecule has 3 atom stereocenters. The zero-order valence-electron chi connectivity index (χ0n) is 18.5. The molecule has 0 bridgehead atoms. The molecule has 0 saturated carbocycles. The van der Waals surface area contributed by atoms with Gasteiger partial charge in [-0.3, -0.25) is 14.4 Å². The summed E-state index contributed by atoms with van der Waals surface area (Å²) < 4.78 is 42.4. The average Bonchev–Trinajstić information content (AvgIpc) is 3.37. The molecule has 2 heterocycles. The number of hydrogen-bond acceptors (Lipinski definition) is 5. The first-order valence-electron chi connectivity index (χ1n) is 10.6. The number of likely N-dealkylation sites (N-methyl/N-ethyl adjacent to an activating group) is 1. The van der Waals surface area contributed by atoms with Crippen molar-refractivity contribution in [1.29, 1.82) is 0 Å². The van der Waals surface area contributed by atoms with Gasteiger partial charge in [0, 0.05) is 27.7 Å². The fourth-order valence-corrected chi connectivity index (χ4v) is 4.61. The summed E-state index contributed by atoms with van der Waals surface area (Å²) in [5.74, 6) is -2.99. The van der Waals surface area contributed by atoms with E-state index in [9.17, 15) is 22.8 Å². The van der Waals surface area contributed by atoms with Gasteiger partial charge in [0.05, 0.1) is 0 Å². The molecule has 3 unspecified atom stereocenters. The van der Waals surface area contributed by atoms with Crippen molar-refractivity contribution in [3.05, 3.63) is 68.7 Å². The Labute approximate surface area is 208 Å². The van der Waals surface area contributed by atoms with Crippen LogP contribution in [0, 0.1) is 12.8 Å². The molecule has 0 spiro atoms. The first-order valence-corrected chi connectivity index (χ1v) is 11.4. The van der Waals surface area contributed by atoms with Crippen molar-refractivity contribution in [2.75, 3.05) is 13.2 Å². The van der Waals surface area contributed by atoms with Crippen molar-refractivity contribution < 1.29 is 32.4 Å². The van der Waals surface area contributed by atoms with Gasteiger partial charge in [-0.25, -0.2) is 5.06 Å². The zero-order chi connectivity index (χ0) is 25.5. The summed E-state index contributed by atoms with van der Waals surface area (Å²) >= 11 is 11.9. The number of oxime groups is 1. The number of carbonyl (C=O) groups excluding carboxylic acids is 2. The number of nitrogens with one attached hydrogen (secondary N) is 1. The molecule has 7 nitrogen and oxygen atoms in total. The van der Waals surface area contributed by atoms with Gasteiger partial charge < -0.3 is 10.2 Å². The lowest BCUT2D eigenvalue weighted by molar-refractivity contribution is -0.177. The predicted molar refractivity (Wildman–Crippen MR) is 122 cm³/mol. The number of benzene rings is 2. The van der Waals surface area contributed by atoms with Gasteiger partial charge in [0.1, 0.15) is 24.3 Å². The van der Waals surface area contributed by atoms with Gasteiger partial charge in [0.2, 0.25) is 0 Å². The number of carbonyl (C=O) groups is 2. The minimum Gasteiger partial charge on any atom is -0.386 e. The summed E-state index contributed by atoms with van der Waals surface area (Å²) in [5.41, 5.74) is 0.566. The van der Waals surface area contributed by atoms with Gasteiger partial charge >= 0.3 is 6.18 Å². The molecule has 2 aliphatic heterocycles. The van der Waals surface area contributed by atoms with Crippen LogP contribution in [0.4, 0.5) is 13.2 Å². The van der Waals surface area contributed by atoms with Crippen LogP contribution >= 0.6 is 23.2 Å². The number of halogens is 5. The van der Waals surface area contributed by atoms with Gasteiger partial charge in [0.25, 0.3) is 11.8 Å². The summed E-state index contributed by atoms with van der Waals surface area (Å²) in [6.07, 6.45) is -6.16. The van der Waals surface area contributed by atoms with Gasteiger partial charge in [-0.1, -0.05) is 34.4 Å². The lowest BCUT2D eigenvalue weighted by Crippen LogP contribution is -2.42. The largest absolute Gasteiger partial charge is 0.401 e. The monoisotopic (exact) mass is 529 g/mol. The first kappa shape index (κ1) is 25.3. The quantitative estimate of drug-likeness (QED) is 0.600. The van der Waals surface area contributed by atoms with Crippen LogP contribution in [-0.4, -0.2) is 48.0 Å². The van der Waals surface area contributed by atoms with E-state index in [1.165, 1.54) is 36.4 Å². The number of rotatable bonds is 5. The molecule has 2 aliphatic rings. The Morgan fingerprint density at radius 2 is 1.89 bits per heavy atom. The van der Waals surface area contributed by atoms with E-state index in [1.54, 1.807) is 13.8 Å². The average molecular weight is 530 g/mol. The molecule has 2 aromatic rings. The van der Waals surface area contributed by atoms with E-state index in [2.05, 4.69) is 10.5 Å². The van der Waals surface area contributed by atoms with Crippen molar-refractivity contribution in [3.8, 4) is 0 Å². The maximum Gasteiger partial charge on any atom is 0.401 e. The van der Waals surface area contributed by atoms with Crippen LogP contribution in [0.15, 0.2) is 41.6 Å². The molecule has 2 aromatic carbocycles. The van der Waals surface area contributed by atoms with E-state index in [-0.39, 0.29) is 45.0 Å². The van der Waals surface area contributed by atoms with Gasteiger partial charge in [-0.05, 0) is 55.3 Å². The fourth-order valence-electron chi connectivity index (χ4n) is 4.06. The van der Waals surface area contributed by atoms with Gasteiger partial charge in [-0.15, -0.1) is 0 Å². The molecule has 1 N–H and O–H groups in total. The third-order valence-corrected chi connectivity index (χ3v) is 6.16. The Kier molecular flexibility index (Phi) is 6.99. The number of aryl methyl sites for hydroxylation is 1. The highest BCUT2D eigenvalue weighted by Crippen LogP contribution is 2.45. The predicted octanol–water partition coefficient (Wildman–Crippen LogP) is 4.85. The van der Waals surface area contributed by atoms with Crippen LogP contribution in [0.5, 0.6) is 0 Å². The molecule has 35 heavy (non-hydrogen) atoms. The highest BCUT2D eigenvalue weighted by atomic mass is 35.5. The summed E-state index contributed by atoms with van der Waals surface area (Å²) in [6.45, 7) is 3.66. The van der Waals surface area contributed by atoms with Gasteiger partial charge in [-0.2, -0.15) is 13.2 Å². The zero-order valence-corrected chi connectivity index (χ0v) is 20.0. The molecule has 1 saturated heterocycles. The summed E-state index contributed by atoms with van der Waals surface area (Å²) in [6, 6.07) is 7.44. The maximum absolute atomic E-state index is 14.1. The molecule has 0 radical (unpaired) electrons. The first-order chi connectivity index (χ1) is 16.5. The van der Waals surface area contributed by atoms with Crippen molar-refractivity contribution in [2.24, 2.45) is 11.1 Å². The van der Waals surface area contributed by atoms with E-state index < -0.39 is 30.1 Å². The van der Waals surface area contributed by atoms with E-state index in [0.717, 1.165) is 5.06 Å². The van der Waals surface area contributed by atoms with Gasteiger partial charge in [0.15, 0.2) is 6.10 Å². The van der Waals surface area contributed by atoms with Crippen LogP contribution in [0.3, 0.4) is 0 Å². The number of nitrogens with zero attached hydrogens (tertiary/aromatic N) is 2. The normalized spacial score (nSPS) is 22.3. The lowest BCUT2D eigenvalue weighted by Gasteiger charge is -2.22. The van der Waals surface area contributed by atoms with Crippen LogP contribution in [0.25, 0.3) is 0 Å². The number of hydrogen-bond donors (Lipinski definition) is 1. The highest BCUT2D eigenvalue weighted by Gasteiger charge is 2.53. The SMILES string of the molecule is CCN1OCC(NC(=O)c2ccc(C3=NOC(c4cc(Cl)cc(Cl)c4)C3C(F)(F)F)cc2C)C1=O. The van der Waals surface area contributed by atoms with Crippen LogP contribution in [0.1, 0.15) is 40.1 Å². The maximum atomic E-state index is 14.1. The molecule has 4 rings (SSSR count). The molecule has 1 fully saturated rings. The molecular formula is C23H20Cl2F3N3O4. The number of alkyl halides is 3. The van der Waals surface area contributed by atoms with Crippen molar-refractivity contribution in [1.82, 2.24) is 10.4 Å². The second-order valence-electron chi connectivity index (χ2n) is 8.11. The molecule has 0 aliphatic carbocycles. The lowest BCUT2D eigenvalue weighted by atomic mass is 9.87. The van der Waals surface area contributed by atoms with E-state index in [4.69, 9.17) is 32.9 Å². The van der Waals surface area contributed by atoms with E-state index >= 15 is 0 Å². The topological polar surface area (TPSA) is 80.2 Å². The fraction of sp³-hybridized carbons (Fsp3) is 0.348. The van der Waals surface area contributed by atoms with Crippen LogP contribution in [0.2, 0.25) is 10.0 Å². The number of hydroxylamine groups is 2. The van der Waals surface area contributed by atoms with Crippen molar-refractivity contribution >= 4 is 40.7 Å². The van der Waals surface area contributed by atoms with E-state index in [0.29, 0.717) is 12.1 Å². The van der Waals surface area contributed by atoms with Crippen molar-refractivity contribution in [2.45, 2.75) is 32.2 Å². The minimum absolute atomic E-state index is 0.00581. The van der Waals surface area contributed by atoms with E-state index in [1.807, 2.05) is 0 Å². The number of amides is 2. The Hall–Kier alpha value is -2.82. The Balaban J connectivity index is 1.58. The summed E-state index contributed by atoms with van der Waals surface area (Å²) in [4.78, 5) is 35.3. The highest BCUT2D eigenvalue weighted by molar-refractivity contribution is 6.34. The second-order valence-corrected chi connectivity index (χ2v) is 8.98. The minimum atomic E-state index is -4.69. The summed E-state index contributed by atoms with van der Waals surface area (Å²) in [5, 5.41) is 7.83. The summed E-state index contributed by atoms with van der Waals surface area (Å²) in [7, 11) is 0. The molecular weight excluding hydrogens is 510 g/mol. The second kappa shape index (κ2) is 9.67. The van der Waals surface area contributed by atoms with Crippen molar-refractivity contribution in [3.63, 3.8) is 0 Å². The smallest absolute Gasteiger partial charge is 0.386 e. The van der Waals surface area contributed by atoms with Crippen LogP contribution < -0.4 is 5.32 Å². The molecule has 0 aromatic heterocycles. The molecule has 2 amide bonds. The molecule has 12 heteroatoms. The third kappa shape index (κ3) is 5.10. The Morgan fingerprint density at radius 3 is 2.46 bits per heavy atom. The Morgan fingerprint density at radius 1 is 1.20 bits per heavy atom. The Bertz CT molecular complexity index is 1180. The standard InChI is InChI=1S/C23H20Cl2F3N3O4/c1-3-31-22(33)17(10-34-31)29-21(32)16-5-4-12(6-11(16)2)19-18(23(26,27)28)20(35-30-19)13-7-14(24)9-15(25)8-13/h4-9,17-18,20H,3,10H2,1-2H3,(H,29,32). The molecule has 186 valence electrons. The van der Waals surface area contributed by atoms with Crippen LogP contribution in [-0.2, 0) is 14.5 Å². The third-order valence-electron chi connectivity index (χ3n) is 5.73.